The molecule has 18 heavy (non-hydrogen) atoms. The summed E-state index contributed by atoms with van der Waals surface area (Å²) in [5, 5.41) is 9.32. The molecule has 0 aliphatic carbocycles. The van der Waals surface area contributed by atoms with E-state index in [0.29, 0.717) is 10.8 Å². The molecule has 0 fully saturated rings. The summed E-state index contributed by atoms with van der Waals surface area (Å²) in [7, 11) is 0. The first-order valence-corrected chi connectivity index (χ1v) is 5.43. The fourth-order valence-electron chi connectivity index (χ4n) is 1.30. The fourth-order valence-corrected chi connectivity index (χ4v) is 1.46. The Bertz CT molecular complexity index is 602. The lowest BCUT2D eigenvalue weighted by Gasteiger charge is -2.07. The smallest absolute Gasteiger partial charge is 0.356 e. The first-order valence-electron chi connectivity index (χ1n) is 5.05. The molecule has 0 radical (unpaired) electrons. The van der Waals surface area contributed by atoms with Gasteiger partial charge in [-0.05, 0) is 24.6 Å². The number of hydrogen-bond donors (Lipinski definition) is 1. The van der Waals surface area contributed by atoms with Gasteiger partial charge in [0.25, 0.3) is 0 Å². The number of carbonyl (C=O) groups is 1. The molecule has 0 amide bonds. The highest BCUT2D eigenvalue weighted by atomic mass is 35.5. The lowest BCUT2D eigenvalue weighted by atomic mass is 10.2. The van der Waals surface area contributed by atoms with Gasteiger partial charge in [0.05, 0.1) is 12.4 Å². The number of carboxylic acids is 1. The monoisotopic (exact) mass is 264 g/mol. The van der Waals surface area contributed by atoms with E-state index in [1.54, 1.807) is 18.2 Å². The van der Waals surface area contributed by atoms with E-state index < -0.39 is 5.97 Å². The maximum Gasteiger partial charge on any atom is 0.356 e. The van der Waals surface area contributed by atoms with Crippen molar-refractivity contribution in [3.05, 3.63) is 46.9 Å². The highest BCUT2D eigenvalue weighted by molar-refractivity contribution is 6.30. The van der Waals surface area contributed by atoms with Crippen molar-refractivity contribution >= 4 is 17.6 Å². The van der Waals surface area contributed by atoms with Gasteiger partial charge in [0.2, 0.25) is 5.88 Å². The van der Waals surface area contributed by atoms with Gasteiger partial charge in [0, 0.05) is 5.02 Å². The van der Waals surface area contributed by atoms with Crippen LogP contribution in [0.25, 0.3) is 0 Å². The number of rotatable bonds is 3. The molecule has 0 aliphatic rings. The summed E-state index contributed by atoms with van der Waals surface area (Å²) in [4.78, 5) is 18.3. The van der Waals surface area contributed by atoms with Gasteiger partial charge in [-0.15, -0.1) is 0 Å². The first kappa shape index (κ1) is 12.3. The van der Waals surface area contributed by atoms with Gasteiger partial charge in [-0.25, -0.2) is 9.78 Å². The third-order valence-electron chi connectivity index (χ3n) is 2.20. The zero-order chi connectivity index (χ0) is 13.1. The lowest BCUT2D eigenvalue weighted by molar-refractivity contribution is 0.0689. The highest BCUT2D eigenvalue weighted by Gasteiger charge is 2.09. The minimum Gasteiger partial charge on any atom is -0.476 e. The van der Waals surface area contributed by atoms with Crippen molar-refractivity contribution in [2.75, 3.05) is 0 Å². The Labute approximate surface area is 108 Å². The first-order chi connectivity index (χ1) is 8.56. The van der Waals surface area contributed by atoms with Crippen LogP contribution in [-0.2, 0) is 0 Å². The van der Waals surface area contributed by atoms with Gasteiger partial charge in [-0.3, -0.25) is 4.98 Å². The fraction of sp³-hybridized carbons (Fsp3) is 0.0833. The van der Waals surface area contributed by atoms with Gasteiger partial charge in [-0.2, -0.15) is 0 Å². The van der Waals surface area contributed by atoms with Crippen molar-refractivity contribution in [2.45, 2.75) is 6.92 Å². The molecule has 0 saturated carbocycles. The van der Waals surface area contributed by atoms with E-state index in [9.17, 15) is 4.79 Å². The van der Waals surface area contributed by atoms with Gasteiger partial charge >= 0.3 is 5.97 Å². The molecule has 2 aromatic rings. The summed E-state index contributed by atoms with van der Waals surface area (Å²) < 4.78 is 5.46. The second-order valence-corrected chi connectivity index (χ2v) is 4.00. The van der Waals surface area contributed by atoms with Crippen LogP contribution in [-0.4, -0.2) is 21.0 Å². The number of carboxylic acid groups (broad SMARTS) is 1. The number of benzene rings is 1. The summed E-state index contributed by atoms with van der Waals surface area (Å²) in [6.45, 7) is 1.85. The maximum absolute atomic E-state index is 10.7. The molecule has 92 valence electrons. The van der Waals surface area contributed by atoms with Gasteiger partial charge in [0.15, 0.2) is 5.69 Å². The van der Waals surface area contributed by atoms with Crippen LogP contribution >= 0.6 is 11.6 Å². The molecule has 0 bridgehead atoms. The number of aryl methyl sites for hydroxylation is 1. The number of aromatic nitrogens is 2. The van der Waals surface area contributed by atoms with E-state index >= 15 is 0 Å². The van der Waals surface area contributed by atoms with Crippen molar-refractivity contribution in [3.63, 3.8) is 0 Å². The van der Waals surface area contributed by atoms with Crippen LogP contribution in [0.3, 0.4) is 0 Å². The molecule has 1 N–H and O–H groups in total. The predicted molar refractivity (Wildman–Crippen MR) is 65.3 cm³/mol. The quantitative estimate of drug-likeness (QED) is 0.923. The average molecular weight is 265 g/mol. The summed E-state index contributed by atoms with van der Waals surface area (Å²) in [5.41, 5.74) is 0.689. The highest BCUT2D eigenvalue weighted by Crippen LogP contribution is 2.26. The van der Waals surface area contributed by atoms with Crippen LogP contribution in [0, 0.1) is 6.92 Å². The Kier molecular flexibility index (Phi) is 3.43. The Hall–Kier alpha value is -2.14. The molecule has 0 aliphatic heterocycles. The second-order valence-electron chi connectivity index (χ2n) is 3.56. The van der Waals surface area contributed by atoms with E-state index in [2.05, 4.69) is 9.97 Å². The standard InChI is InChI=1S/C12H9ClN2O3/c1-7-2-3-8(13)4-10(7)18-11-6-14-5-9(15-11)12(16)17/h2-6H,1H3,(H,16,17). The summed E-state index contributed by atoms with van der Waals surface area (Å²) >= 11 is 5.85. The third-order valence-corrected chi connectivity index (χ3v) is 2.43. The molecule has 1 aromatic carbocycles. The maximum atomic E-state index is 10.7. The third kappa shape index (κ3) is 2.75. The second kappa shape index (κ2) is 5.01. The van der Waals surface area contributed by atoms with Crippen LogP contribution < -0.4 is 4.74 Å². The largest absolute Gasteiger partial charge is 0.476 e. The molecule has 2 rings (SSSR count). The van der Waals surface area contributed by atoms with E-state index in [0.717, 1.165) is 11.8 Å². The lowest BCUT2D eigenvalue weighted by Crippen LogP contribution is -2.02. The van der Waals surface area contributed by atoms with Crippen LogP contribution in [0.1, 0.15) is 16.1 Å². The number of aromatic carboxylic acids is 1. The Morgan fingerprint density at radius 3 is 2.89 bits per heavy atom. The average Bonchev–Trinajstić information content (AvgIpc) is 2.34. The molecule has 6 heteroatoms. The van der Waals surface area contributed by atoms with Crippen molar-refractivity contribution in [1.82, 2.24) is 9.97 Å². The number of nitrogens with zero attached hydrogens (tertiary/aromatic N) is 2. The summed E-state index contributed by atoms with van der Waals surface area (Å²) in [6, 6.07) is 5.17. The van der Waals surface area contributed by atoms with Crippen molar-refractivity contribution in [2.24, 2.45) is 0 Å². The minimum absolute atomic E-state index is 0.111. The van der Waals surface area contributed by atoms with Gasteiger partial charge in [-0.1, -0.05) is 17.7 Å². The SMILES string of the molecule is Cc1ccc(Cl)cc1Oc1cncc(C(=O)O)n1. The van der Waals surface area contributed by atoms with E-state index in [-0.39, 0.29) is 11.6 Å². The molecule has 1 aromatic heterocycles. The van der Waals surface area contributed by atoms with E-state index in [1.807, 2.05) is 6.92 Å². The number of hydrogen-bond acceptors (Lipinski definition) is 4. The van der Waals surface area contributed by atoms with E-state index in [4.69, 9.17) is 21.4 Å². The van der Waals surface area contributed by atoms with Crippen molar-refractivity contribution < 1.29 is 14.6 Å². The normalized spacial score (nSPS) is 10.1. The molecule has 1 heterocycles. The van der Waals surface area contributed by atoms with Gasteiger partial charge in [0.1, 0.15) is 5.75 Å². The number of ether oxygens (including phenoxy) is 1. The predicted octanol–water partition coefficient (Wildman–Crippen LogP) is 2.93. The number of halogens is 1. The zero-order valence-electron chi connectivity index (χ0n) is 9.42. The summed E-state index contributed by atoms with van der Waals surface area (Å²) in [5.74, 6) is -0.532. The molecule has 0 unspecified atom stereocenters. The van der Waals surface area contributed by atoms with Crippen LogP contribution in [0.5, 0.6) is 11.6 Å². The Balaban J connectivity index is 2.31. The molecule has 5 nitrogen and oxygen atoms in total. The molecule has 0 atom stereocenters. The van der Waals surface area contributed by atoms with Gasteiger partial charge < -0.3 is 9.84 Å². The van der Waals surface area contributed by atoms with Crippen LogP contribution in [0.2, 0.25) is 5.02 Å². The molecule has 0 spiro atoms. The molecular formula is C12H9ClN2O3. The van der Waals surface area contributed by atoms with E-state index in [1.165, 1.54) is 6.20 Å². The topological polar surface area (TPSA) is 72.3 Å². The van der Waals surface area contributed by atoms with Crippen molar-refractivity contribution in [1.29, 1.82) is 0 Å². The molecular weight excluding hydrogens is 256 g/mol. The molecule has 0 saturated heterocycles. The zero-order valence-corrected chi connectivity index (χ0v) is 10.2. The Morgan fingerprint density at radius 1 is 1.39 bits per heavy atom. The minimum atomic E-state index is -1.16. The summed E-state index contributed by atoms with van der Waals surface area (Å²) in [6.07, 6.45) is 2.49. The van der Waals surface area contributed by atoms with Crippen molar-refractivity contribution in [3.8, 4) is 11.6 Å². The van der Waals surface area contributed by atoms with Crippen LogP contribution in [0.15, 0.2) is 30.6 Å². The Morgan fingerprint density at radius 2 is 2.17 bits per heavy atom. The van der Waals surface area contributed by atoms with Crippen LogP contribution in [0.4, 0.5) is 0 Å².